The maximum absolute atomic E-state index is 13.0. The Bertz CT molecular complexity index is 1160. The van der Waals surface area contributed by atoms with Crippen LogP contribution in [0, 0.1) is 20.8 Å². The van der Waals surface area contributed by atoms with E-state index in [2.05, 4.69) is 10.0 Å². The first-order valence-electron chi connectivity index (χ1n) is 9.92. The Morgan fingerprint density at radius 2 is 1.58 bits per heavy atom. The van der Waals surface area contributed by atoms with Gasteiger partial charge in [-0.1, -0.05) is 30.3 Å². The maximum Gasteiger partial charge on any atom is 0.262 e. The molecule has 1 amide bonds. The number of ether oxygens (including phenoxy) is 1. The van der Waals surface area contributed by atoms with E-state index in [1.165, 1.54) is 6.07 Å². The van der Waals surface area contributed by atoms with E-state index in [9.17, 15) is 13.2 Å². The van der Waals surface area contributed by atoms with E-state index in [0.717, 1.165) is 16.9 Å². The molecule has 0 aliphatic carbocycles. The number of para-hydroxylation sites is 1. The number of benzene rings is 3. The Morgan fingerprint density at radius 1 is 0.903 bits per heavy atom. The highest BCUT2D eigenvalue weighted by atomic mass is 32.2. The van der Waals surface area contributed by atoms with Crippen LogP contribution in [0.1, 0.15) is 27.0 Å². The van der Waals surface area contributed by atoms with Gasteiger partial charge >= 0.3 is 0 Å². The fourth-order valence-corrected chi connectivity index (χ4v) is 4.54. The summed E-state index contributed by atoms with van der Waals surface area (Å²) in [5.74, 6) is 0.359. The highest BCUT2D eigenvalue weighted by Gasteiger charge is 2.19. The van der Waals surface area contributed by atoms with Gasteiger partial charge in [0.05, 0.1) is 11.4 Å². The van der Waals surface area contributed by atoms with E-state index in [1.54, 1.807) is 31.2 Å². The number of hydrogen-bond donors (Lipinski definition) is 2. The van der Waals surface area contributed by atoms with Crippen molar-refractivity contribution in [3.63, 3.8) is 0 Å². The summed E-state index contributed by atoms with van der Waals surface area (Å²) in [6.45, 7) is 6.11. The van der Waals surface area contributed by atoms with Crippen LogP contribution in [-0.4, -0.2) is 27.5 Å². The molecule has 0 spiro atoms. The quantitative estimate of drug-likeness (QED) is 0.516. The van der Waals surface area contributed by atoms with Crippen LogP contribution in [0.25, 0.3) is 0 Å². The number of rotatable bonds is 8. The van der Waals surface area contributed by atoms with E-state index in [-0.39, 0.29) is 16.4 Å². The van der Waals surface area contributed by atoms with Crippen molar-refractivity contribution in [2.24, 2.45) is 0 Å². The highest BCUT2D eigenvalue weighted by molar-refractivity contribution is 7.92. The molecule has 0 radical (unpaired) electrons. The molecule has 0 saturated carbocycles. The first-order chi connectivity index (χ1) is 14.7. The van der Waals surface area contributed by atoms with Crippen molar-refractivity contribution in [2.75, 3.05) is 17.9 Å². The minimum Gasteiger partial charge on any atom is -0.492 e. The van der Waals surface area contributed by atoms with Crippen molar-refractivity contribution < 1.29 is 17.9 Å². The number of carbonyl (C=O) groups is 1. The number of anilines is 1. The normalized spacial score (nSPS) is 11.1. The van der Waals surface area contributed by atoms with Crippen molar-refractivity contribution in [2.45, 2.75) is 25.7 Å². The average molecular weight is 439 g/mol. The fourth-order valence-electron chi connectivity index (χ4n) is 3.23. The Balaban J connectivity index is 1.69. The van der Waals surface area contributed by atoms with Gasteiger partial charge in [0.2, 0.25) is 0 Å². The summed E-state index contributed by atoms with van der Waals surface area (Å²) in [5, 5.41) is 2.75. The Labute approximate surface area is 183 Å². The lowest BCUT2D eigenvalue weighted by Gasteiger charge is -2.13. The van der Waals surface area contributed by atoms with Crippen molar-refractivity contribution in [1.82, 2.24) is 5.32 Å². The largest absolute Gasteiger partial charge is 0.492 e. The Kier molecular flexibility index (Phi) is 6.97. The summed E-state index contributed by atoms with van der Waals surface area (Å²) >= 11 is 0. The van der Waals surface area contributed by atoms with Gasteiger partial charge in [-0.25, -0.2) is 8.42 Å². The molecule has 3 rings (SSSR count). The van der Waals surface area contributed by atoms with Crippen molar-refractivity contribution >= 4 is 21.6 Å². The molecule has 0 aromatic heterocycles. The molecule has 0 saturated heterocycles. The molecule has 3 aromatic carbocycles. The van der Waals surface area contributed by atoms with Gasteiger partial charge in [-0.15, -0.1) is 0 Å². The van der Waals surface area contributed by atoms with E-state index in [0.29, 0.717) is 24.4 Å². The van der Waals surface area contributed by atoms with Crippen molar-refractivity contribution in [3.8, 4) is 5.75 Å². The minimum absolute atomic E-state index is 0.0693. The molecule has 0 atom stereocenters. The smallest absolute Gasteiger partial charge is 0.262 e. The lowest BCUT2D eigenvalue weighted by Crippen LogP contribution is -2.28. The van der Waals surface area contributed by atoms with Gasteiger partial charge in [-0.2, -0.15) is 0 Å². The molecular weight excluding hydrogens is 412 g/mol. The molecule has 31 heavy (non-hydrogen) atoms. The van der Waals surface area contributed by atoms with E-state index in [4.69, 9.17) is 4.74 Å². The second-order valence-corrected chi connectivity index (χ2v) is 9.03. The van der Waals surface area contributed by atoms with Crippen LogP contribution in [-0.2, 0) is 10.0 Å². The van der Waals surface area contributed by atoms with Crippen molar-refractivity contribution in [1.29, 1.82) is 0 Å². The Morgan fingerprint density at radius 3 is 2.26 bits per heavy atom. The summed E-state index contributed by atoms with van der Waals surface area (Å²) in [6.07, 6.45) is 0. The molecule has 6 nitrogen and oxygen atoms in total. The van der Waals surface area contributed by atoms with Crippen LogP contribution < -0.4 is 14.8 Å². The molecular formula is C24H26N2O4S. The number of amides is 1. The van der Waals surface area contributed by atoms with E-state index in [1.807, 2.05) is 50.2 Å². The van der Waals surface area contributed by atoms with Gasteiger partial charge in [0.1, 0.15) is 12.4 Å². The zero-order valence-electron chi connectivity index (χ0n) is 17.8. The monoisotopic (exact) mass is 438 g/mol. The van der Waals surface area contributed by atoms with Gasteiger partial charge < -0.3 is 10.1 Å². The number of hydrogen-bond acceptors (Lipinski definition) is 4. The van der Waals surface area contributed by atoms with Crippen molar-refractivity contribution in [3.05, 3.63) is 89.0 Å². The van der Waals surface area contributed by atoms with E-state index >= 15 is 0 Å². The number of aryl methyl sites for hydroxylation is 3. The molecule has 7 heteroatoms. The second kappa shape index (κ2) is 9.66. The molecule has 0 fully saturated rings. The zero-order valence-corrected chi connectivity index (χ0v) is 18.6. The predicted octanol–water partition coefficient (Wildman–Crippen LogP) is 4.22. The molecule has 0 aliphatic rings. The molecule has 0 aliphatic heterocycles. The van der Waals surface area contributed by atoms with Crippen LogP contribution in [0.2, 0.25) is 0 Å². The molecule has 0 bridgehead atoms. The third-order valence-corrected chi connectivity index (χ3v) is 6.14. The average Bonchev–Trinajstić information content (AvgIpc) is 2.71. The predicted molar refractivity (Wildman–Crippen MR) is 122 cm³/mol. The lowest BCUT2D eigenvalue weighted by atomic mass is 10.1. The third kappa shape index (κ3) is 6.08. The van der Waals surface area contributed by atoms with Crippen LogP contribution in [0.5, 0.6) is 5.75 Å². The number of nitrogens with one attached hydrogen (secondary N) is 2. The third-order valence-electron chi connectivity index (χ3n) is 4.61. The number of carbonyl (C=O) groups excluding carboxylic acids is 1. The number of sulfonamides is 1. The van der Waals surface area contributed by atoms with Gasteiger partial charge in [0.15, 0.2) is 0 Å². The van der Waals surface area contributed by atoms with Crippen LogP contribution in [0.3, 0.4) is 0 Å². The highest BCUT2D eigenvalue weighted by Crippen LogP contribution is 2.22. The molecule has 162 valence electrons. The van der Waals surface area contributed by atoms with Crippen LogP contribution in [0.4, 0.5) is 5.69 Å². The summed E-state index contributed by atoms with van der Waals surface area (Å²) in [5.41, 5.74) is 3.23. The van der Waals surface area contributed by atoms with Gasteiger partial charge in [0.25, 0.3) is 15.9 Å². The maximum atomic E-state index is 13.0. The topological polar surface area (TPSA) is 84.5 Å². The first-order valence-corrected chi connectivity index (χ1v) is 11.4. The Hall–Kier alpha value is -3.32. The summed E-state index contributed by atoms with van der Waals surface area (Å²) < 4.78 is 34.1. The summed E-state index contributed by atoms with van der Waals surface area (Å²) in [7, 11) is -3.85. The summed E-state index contributed by atoms with van der Waals surface area (Å²) in [4.78, 5) is 12.6. The molecule has 0 unspecified atom stereocenters. The molecule has 2 N–H and O–H groups in total. The zero-order chi connectivity index (χ0) is 22.4. The molecule has 3 aromatic rings. The van der Waals surface area contributed by atoms with Gasteiger partial charge in [-0.3, -0.25) is 9.52 Å². The van der Waals surface area contributed by atoms with Crippen LogP contribution >= 0.6 is 0 Å². The summed E-state index contributed by atoms with van der Waals surface area (Å²) in [6, 6.07) is 19.4. The van der Waals surface area contributed by atoms with Gasteiger partial charge in [-0.05, 0) is 73.9 Å². The van der Waals surface area contributed by atoms with Gasteiger partial charge in [0, 0.05) is 11.3 Å². The minimum atomic E-state index is -3.85. The fraction of sp³-hybridized carbons (Fsp3) is 0.208. The standard InChI is InChI=1S/C24H26N2O4S/c1-17-13-18(2)15-21(14-17)26-31(28,29)23-16-20(10-9-19(23)3)24(27)25-11-12-30-22-7-5-4-6-8-22/h4-10,13-16,26H,11-12H2,1-3H3,(H,25,27). The SMILES string of the molecule is Cc1cc(C)cc(NS(=O)(=O)c2cc(C(=O)NCCOc3ccccc3)ccc2C)c1. The van der Waals surface area contributed by atoms with Crippen LogP contribution in [0.15, 0.2) is 71.6 Å². The first kappa shape index (κ1) is 22.4. The lowest BCUT2D eigenvalue weighted by molar-refractivity contribution is 0.0946. The van der Waals surface area contributed by atoms with E-state index < -0.39 is 10.0 Å². The second-order valence-electron chi connectivity index (χ2n) is 7.38. The molecule has 0 heterocycles.